The van der Waals surface area contributed by atoms with E-state index in [1.807, 2.05) is 0 Å². The first-order valence-corrected chi connectivity index (χ1v) is 5.33. The van der Waals surface area contributed by atoms with Crippen molar-refractivity contribution in [3.8, 4) is 0 Å². The van der Waals surface area contributed by atoms with Gasteiger partial charge in [0.25, 0.3) is 0 Å². The van der Waals surface area contributed by atoms with Crippen LogP contribution in [0.2, 0.25) is 0 Å². The van der Waals surface area contributed by atoms with Crippen molar-refractivity contribution < 1.29 is 26.7 Å². The van der Waals surface area contributed by atoms with Crippen LogP contribution in [0.25, 0.3) is 0 Å². The van der Waals surface area contributed by atoms with E-state index in [0.717, 1.165) is 0 Å². The van der Waals surface area contributed by atoms with Crippen LogP contribution in [0.1, 0.15) is 13.3 Å². The van der Waals surface area contributed by atoms with E-state index in [-0.39, 0.29) is 6.54 Å². The average molecular weight is 269 g/mol. The SMILES string of the molecule is CCOCCCNc1c(F)c(F)c(F)c(F)c1F. The van der Waals surface area contributed by atoms with Crippen LogP contribution in [-0.4, -0.2) is 19.8 Å². The van der Waals surface area contributed by atoms with Gasteiger partial charge in [0.05, 0.1) is 0 Å². The predicted octanol–water partition coefficient (Wildman–Crippen LogP) is 3.22. The average Bonchev–Trinajstić information content (AvgIpc) is 2.37. The lowest BCUT2D eigenvalue weighted by molar-refractivity contribution is 0.147. The fourth-order valence-electron chi connectivity index (χ4n) is 1.29. The second kappa shape index (κ2) is 6.53. The number of halogens is 5. The van der Waals surface area contributed by atoms with E-state index in [0.29, 0.717) is 19.6 Å². The second-order valence-electron chi connectivity index (χ2n) is 3.42. The molecular formula is C11H12F5NO. The molecule has 1 aromatic carbocycles. The van der Waals surface area contributed by atoms with E-state index in [1.165, 1.54) is 0 Å². The van der Waals surface area contributed by atoms with Crippen molar-refractivity contribution in [2.75, 3.05) is 25.1 Å². The summed E-state index contributed by atoms with van der Waals surface area (Å²) in [5, 5.41) is 2.17. The zero-order valence-corrected chi connectivity index (χ0v) is 9.63. The molecular weight excluding hydrogens is 257 g/mol. The maximum absolute atomic E-state index is 13.2. The third-order valence-electron chi connectivity index (χ3n) is 2.18. The standard InChI is InChI=1S/C11H12F5NO/c1-2-18-5-3-4-17-11-9(15)7(13)6(12)8(14)10(11)16/h17H,2-5H2,1H3. The van der Waals surface area contributed by atoms with Gasteiger partial charge in [0.2, 0.25) is 5.82 Å². The zero-order valence-electron chi connectivity index (χ0n) is 9.63. The molecule has 0 fully saturated rings. The molecule has 0 saturated heterocycles. The minimum Gasteiger partial charge on any atom is -0.382 e. The molecule has 7 heteroatoms. The van der Waals surface area contributed by atoms with Gasteiger partial charge >= 0.3 is 0 Å². The summed E-state index contributed by atoms with van der Waals surface area (Å²) < 4.78 is 69.6. The van der Waals surface area contributed by atoms with Crippen molar-refractivity contribution in [3.05, 3.63) is 29.1 Å². The molecule has 1 N–H and O–H groups in total. The molecule has 0 bridgehead atoms. The first kappa shape index (κ1) is 14.7. The van der Waals surface area contributed by atoms with Crippen molar-refractivity contribution >= 4 is 5.69 Å². The fourth-order valence-corrected chi connectivity index (χ4v) is 1.29. The Morgan fingerprint density at radius 3 is 1.89 bits per heavy atom. The summed E-state index contributed by atoms with van der Waals surface area (Å²) in [6.07, 6.45) is 0.382. The molecule has 0 heterocycles. The topological polar surface area (TPSA) is 21.3 Å². The highest BCUT2D eigenvalue weighted by Gasteiger charge is 2.25. The predicted molar refractivity (Wildman–Crippen MR) is 55.8 cm³/mol. The summed E-state index contributed by atoms with van der Waals surface area (Å²) in [6.45, 7) is 2.64. The summed E-state index contributed by atoms with van der Waals surface area (Å²) in [4.78, 5) is 0. The van der Waals surface area contributed by atoms with Gasteiger partial charge < -0.3 is 10.1 Å². The Morgan fingerprint density at radius 1 is 0.889 bits per heavy atom. The molecule has 18 heavy (non-hydrogen) atoms. The highest BCUT2D eigenvalue weighted by molar-refractivity contribution is 5.47. The minimum absolute atomic E-state index is 0.0400. The van der Waals surface area contributed by atoms with E-state index in [2.05, 4.69) is 5.32 Å². The third kappa shape index (κ3) is 3.10. The maximum atomic E-state index is 13.2. The Morgan fingerprint density at radius 2 is 1.39 bits per heavy atom. The highest BCUT2D eigenvalue weighted by atomic mass is 19.2. The highest BCUT2D eigenvalue weighted by Crippen LogP contribution is 2.26. The van der Waals surface area contributed by atoms with Crippen molar-refractivity contribution in [2.24, 2.45) is 0 Å². The number of ether oxygens (including phenoxy) is 1. The maximum Gasteiger partial charge on any atom is 0.200 e. The van der Waals surface area contributed by atoms with Crippen LogP contribution in [0, 0.1) is 29.1 Å². The van der Waals surface area contributed by atoms with Crippen molar-refractivity contribution in [1.29, 1.82) is 0 Å². The van der Waals surface area contributed by atoms with Gasteiger partial charge in [-0.25, -0.2) is 22.0 Å². The Bertz CT molecular complexity index is 395. The van der Waals surface area contributed by atoms with Crippen LogP contribution < -0.4 is 5.32 Å². The Kier molecular flexibility index (Phi) is 5.33. The molecule has 0 atom stereocenters. The molecule has 0 spiro atoms. The van der Waals surface area contributed by atoms with Crippen LogP contribution >= 0.6 is 0 Å². The molecule has 0 aliphatic rings. The van der Waals surface area contributed by atoms with E-state index < -0.39 is 34.8 Å². The summed E-state index contributed by atoms with van der Waals surface area (Å²) in [6, 6.07) is 0. The lowest BCUT2D eigenvalue weighted by Crippen LogP contribution is -2.12. The van der Waals surface area contributed by atoms with E-state index in [9.17, 15) is 22.0 Å². The zero-order chi connectivity index (χ0) is 13.7. The van der Waals surface area contributed by atoms with E-state index in [1.54, 1.807) is 6.92 Å². The molecule has 102 valence electrons. The number of nitrogens with one attached hydrogen (secondary N) is 1. The van der Waals surface area contributed by atoms with Gasteiger partial charge in [-0.05, 0) is 13.3 Å². The number of anilines is 1. The molecule has 0 unspecified atom stereocenters. The normalized spacial score (nSPS) is 10.8. The van der Waals surface area contributed by atoms with E-state index >= 15 is 0 Å². The van der Waals surface area contributed by atoms with Crippen molar-refractivity contribution in [1.82, 2.24) is 0 Å². The van der Waals surface area contributed by atoms with Gasteiger partial charge in [0, 0.05) is 19.8 Å². The van der Waals surface area contributed by atoms with Gasteiger partial charge in [-0.15, -0.1) is 0 Å². The van der Waals surface area contributed by atoms with Crippen LogP contribution in [0.5, 0.6) is 0 Å². The van der Waals surface area contributed by atoms with Crippen LogP contribution in [0.4, 0.5) is 27.6 Å². The largest absolute Gasteiger partial charge is 0.382 e. The Labute approximate surface area is 101 Å². The smallest absolute Gasteiger partial charge is 0.200 e. The lowest BCUT2D eigenvalue weighted by Gasteiger charge is -2.10. The van der Waals surface area contributed by atoms with Crippen LogP contribution in [0.15, 0.2) is 0 Å². The fraction of sp³-hybridized carbons (Fsp3) is 0.455. The third-order valence-corrected chi connectivity index (χ3v) is 2.18. The van der Waals surface area contributed by atoms with Crippen LogP contribution in [0.3, 0.4) is 0 Å². The van der Waals surface area contributed by atoms with Crippen LogP contribution in [-0.2, 0) is 4.74 Å². The van der Waals surface area contributed by atoms with Crippen molar-refractivity contribution in [2.45, 2.75) is 13.3 Å². The molecule has 0 saturated carbocycles. The summed E-state index contributed by atoms with van der Waals surface area (Å²) in [7, 11) is 0. The molecule has 1 aromatic rings. The van der Waals surface area contributed by atoms with Gasteiger partial charge in [-0.2, -0.15) is 0 Å². The van der Waals surface area contributed by atoms with Gasteiger partial charge in [0.1, 0.15) is 5.69 Å². The molecule has 0 radical (unpaired) electrons. The quantitative estimate of drug-likeness (QED) is 0.370. The summed E-state index contributed by atoms with van der Waals surface area (Å²) in [5.41, 5.74) is -1.01. The first-order valence-electron chi connectivity index (χ1n) is 5.33. The molecule has 2 nitrogen and oxygen atoms in total. The summed E-state index contributed by atoms with van der Waals surface area (Å²) in [5.74, 6) is -9.79. The van der Waals surface area contributed by atoms with E-state index in [4.69, 9.17) is 4.74 Å². The first-order chi connectivity index (χ1) is 8.50. The lowest BCUT2D eigenvalue weighted by atomic mass is 10.2. The number of rotatable bonds is 6. The Balaban J connectivity index is 2.77. The molecule has 1 rings (SSSR count). The minimum atomic E-state index is -2.16. The molecule has 0 aliphatic heterocycles. The van der Waals surface area contributed by atoms with Crippen molar-refractivity contribution in [3.63, 3.8) is 0 Å². The number of benzene rings is 1. The molecule has 0 amide bonds. The monoisotopic (exact) mass is 269 g/mol. The number of hydrogen-bond acceptors (Lipinski definition) is 2. The van der Waals surface area contributed by atoms with Gasteiger partial charge in [0.15, 0.2) is 23.3 Å². The number of hydrogen-bond donors (Lipinski definition) is 1. The molecule has 0 aromatic heterocycles. The Hall–Kier alpha value is -1.37. The second-order valence-corrected chi connectivity index (χ2v) is 3.42. The molecule has 0 aliphatic carbocycles. The summed E-state index contributed by atoms with van der Waals surface area (Å²) >= 11 is 0. The van der Waals surface area contributed by atoms with Gasteiger partial charge in [-0.1, -0.05) is 0 Å². The van der Waals surface area contributed by atoms with Gasteiger partial charge in [-0.3, -0.25) is 0 Å².